The van der Waals surface area contributed by atoms with E-state index in [4.69, 9.17) is 19.7 Å². The molecule has 5 heteroatoms. The van der Waals surface area contributed by atoms with E-state index in [0.717, 1.165) is 83.7 Å². The lowest BCUT2D eigenvalue weighted by molar-refractivity contribution is -0.179. The number of aliphatic hydroxyl groups excluding tert-OH is 3. The van der Waals surface area contributed by atoms with Crippen LogP contribution in [-0.4, -0.2) is 53.6 Å². The number of unbranched alkanes of at least 4 members (excludes halogenated alkanes) is 18. The number of rotatable bonds is 34. The van der Waals surface area contributed by atoms with Crippen molar-refractivity contribution in [3.8, 4) is 0 Å². The molecule has 0 aromatic heterocycles. The van der Waals surface area contributed by atoms with Crippen molar-refractivity contribution in [1.82, 2.24) is 0 Å². The zero-order valence-electron chi connectivity index (χ0n) is 33.1. The van der Waals surface area contributed by atoms with Crippen LogP contribution in [0.25, 0.3) is 0 Å². The topological polar surface area (TPSA) is 79.2 Å². The Kier molecular flexibility index (Phi) is 41.1. The first-order valence-electron chi connectivity index (χ1n) is 21.5. The van der Waals surface area contributed by atoms with E-state index in [1.54, 1.807) is 0 Å². The summed E-state index contributed by atoms with van der Waals surface area (Å²) in [7, 11) is 0. The second kappa shape index (κ2) is 42.2. The molecular formula is C45H84O5. The Labute approximate surface area is 311 Å². The summed E-state index contributed by atoms with van der Waals surface area (Å²) in [6.45, 7) is 5.90. The van der Waals surface area contributed by atoms with E-state index < -0.39 is 0 Å². The Morgan fingerprint density at radius 1 is 0.540 bits per heavy atom. The van der Waals surface area contributed by atoms with Gasteiger partial charge in [-0.05, 0) is 122 Å². The fourth-order valence-corrected chi connectivity index (χ4v) is 5.97. The van der Waals surface area contributed by atoms with Gasteiger partial charge < -0.3 is 24.8 Å². The highest BCUT2D eigenvalue weighted by molar-refractivity contribution is 4.90. The lowest BCUT2D eigenvalue weighted by Crippen LogP contribution is -2.27. The molecule has 1 saturated heterocycles. The fraction of sp³-hybridized carbons (Fsp3) is 0.822. The van der Waals surface area contributed by atoms with Gasteiger partial charge in [0, 0.05) is 19.8 Å². The van der Waals surface area contributed by atoms with Gasteiger partial charge in [-0.15, -0.1) is 0 Å². The van der Waals surface area contributed by atoms with E-state index in [9.17, 15) is 5.11 Å². The lowest BCUT2D eigenvalue weighted by atomic mass is 10.1. The van der Waals surface area contributed by atoms with Crippen LogP contribution in [0.15, 0.2) is 48.6 Å². The molecule has 1 unspecified atom stereocenters. The first-order valence-corrected chi connectivity index (χ1v) is 21.5. The third kappa shape index (κ3) is 38.0. The molecule has 1 rings (SSSR count). The van der Waals surface area contributed by atoms with Gasteiger partial charge in [-0.3, -0.25) is 0 Å². The molecule has 50 heavy (non-hydrogen) atoms. The third-order valence-electron chi connectivity index (χ3n) is 9.24. The van der Waals surface area contributed by atoms with Crippen molar-refractivity contribution < 1.29 is 24.8 Å². The van der Waals surface area contributed by atoms with E-state index in [1.807, 2.05) is 6.08 Å². The molecule has 5 nitrogen and oxygen atoms in total. The highest BCUT2D eigenvalue weighted by atomic mass is 16.7. The summed E-state index contributed by atoms with van der Waals surface area (Å²) in [5, 5.41) is 27.1. The standard InChI is InChI=1S/C25H46O3.C20H38O2/c1-2-3-19-24(28-25-21-16-18-23-27-25)20-15-13-11-9-7-5-4-6-8-10-12-14-17-22-26;1-2-3-17-20(22)18-15-13-11-9-7-5-4-6-8-10-12-14-16-19-21/h8,10,15,20,24-26H,2-7,9,11-14,16-19,21-23H2,1H3;8,10,15,18,20-22H,2-7,9,11-14,16-17,19H2,1H3/b10-8-,20-15-;10-8-,18-15-/t24-,25?;20-/m11/s1. The largest absolute Gasteiger partial charge is 0.396 e. The molecule has 0 radical (unpaired) electrons. The number of hydrogen-bond donors (Lipinski definition) is 3. The van der Waals surface area contributed by atoms with Crippen LogP contribution in [0, 0.1) is 0 Å². The van der Waals surface area contributed by atoms with Gasteiger partial charge in [-0.25, -0.2) is 0 Å². The van der Waals surface area contributed by atoms with Crippen molar-refractivity contribution in [2.24, 2.45) is 0 Å². The van der Waals surface area contributed by atoms with Gasteiger partial charge in [0.2, 0.25) is 0 Å². The molecule has 0 aromatic carbocycles. The summed E-state index contributed by atoms with van der Waals surface area (Å²) >= 11 is 0. The zero-order chi connectivity index (χ0) is 36.4. The SMILES string of the molecule is CCCC[C@@H](O)/C=C\CCCCCCC/C=C\CCCCO.CCCC[C@H](/C=C\CCCCCCC/C=C\CCCCO)OC1CCCCO1. The predicted octanol–water partition coefficient (Wildman–Crippen LogP) is 12.6. The number of hydrogen-bond acceptors (Lipinski definition) is 5. The summed E-state index contributed by atoms with van der Waals surface area (Å²) in [6, 6.07) is 0. The molecule has 3 N–H and O–H groups in total. The molecule has 1 aliphatic heterocycles. The molecule has 0 spiro atoms. The van der Waals surface area contributed by atoms with Crippen LogP contribution in [-0.2, 0) is 9.47 Å². The second-order valence-electron chi connectivity index (χ2n) is 14.3. The van der Waals surface area contributed by atoms with E-state index in [0.29, 0.717) is 13.2 Å². The molecule has 1 aliphatic rings. The number of allylic oxidation sites excluding steroid dienone is 6. The van der Waals surface area contributed by atoms with Gasteiger partial charge in [0.05, 0.1) is 12.2 Å². The maximum atomic E-state index is 9.67. The van der Waals surface area contributed by atoms with Crippen LogP contribution in [0.1, 0.15) is 200 Å². The summed E-state index contributed by atoms with van der Waals surface area (Å²) in [5.41, 5.74) is 0. The van der Waals surface area contributed by atoms with Gasteiger partial charge in [0.25, 0.3) is 0 Å². The van der Waals surface area contributed by atoms with Crippen LogP contribution in [0.5, 0.6) is 0 Å². The van der Waals surface area contributed by atoms with Crippen molar-refractivity contribution in [2.45, 2.75) is 219 Å². The molecule has 0 amide bonds. The Morgan fingerprint density at radius 3 is 1.44 bits per heavy atom. The van der Waals surface area contributed by atoms with Crippen LogP contribution >= 0.6 is 0 Å². The molecule has 3 atom stereocenters. The number of ether oxygens (including phenoxy) is 2. The van der Waals surface area contributed by atoms with Crippen molar-refractivity contribution in [3.63, 3.8) is 0 Å². The summed E-state index contributed by atoms with van der Waals surface area (Å²) in [6.07, 6.45) is 52.1. The minimum absolute atomic E-state index is 0.0176. The molecule has 0 bridgehead atoms. The summed E-state index contributed by atoms with van der Waals surface area (Å²) in [5.74, 6) is 0. The Balaban J connectivity index is 0.000000991. The van der Waals surface area contributed by atoms with Gasteiger partial charge in [0.15, 0.2) is 6.29 Å². The van der Waals surface area contributed by atoms with Crippen LogP contribution in [0.3, 0.4) is 0 Å². The van der Waals surface area contributed by atoms with Gasteiger partial charge in [-0.1, -0.05) is 127 Å². The molecule has 294 valence electrons. The molecule has 0 aliphatic carbocycles. The maximum absolute atomic E-state index is 9.67. The minimum atomic E-state index is -0.232. The van der Waals surface area contributed by atoms with Gasteiger partial charge in [-0.2, -0.15) is 0 Å². The van der Waals surface area contributed by atoms with Crippen LogP contribution < -0.4 is 0 Å². The molecule has 0 aromatic rings. The molecule has 1 heterocycles. The van der Waals surface area contributed by atoms with Crippen molar-refractivity contribution in [2.75, 3.05) is 19.8 Å². The normalized spacial score (nSPS) is 16.5. The highest BCUT2D eigenvalue weighted by Gasteiger charge is 2.17. The summed E-state index contributed by atoms with van der Waals surface area (Å²) < 4.78 is 11.9. The van der Waals surface area contributed by atoms with E-state index >= 15 is 0 Å². The monoisotopic (exact) mass is 705 g/mol. The minimum Gasteiger partial charge on any atom is -0.396 e. The Hall–Kier alpha value is -1.24. The first kappa shape index (κ1) is 48.8. The lowest BCUT2D eigenvalue weighted by Gasteiger charge is -2.26. The Bertz CT molecular complexity index is 755. The fourth-order valence-electron chi connectivity index (χ4n) is 5.97. The highest BCUT2D eigenvalue weighted by Crippen LogP contribution is 2.19. The van der Waals surface area contributed by atoms with Gasteiger partial charge >= 0.3 is 0 Å². The zero-order valence-corrected chi connectivity index (χ0v) is 33.1. The average molecular weight is 705 g/mol. The van der Waals surface area contributed by atoms with E-state index in [-0.39, 0.29) is 18.5 Å². The third-order valence-corrected chi connectivity index (χ3v) is 9.24. The van der Waals surface area contributed by atoms with Crippen molar-refractivity contribution in [1.29, 1.82) is 0 Å². The maximum Gasteiger partial charge on any atom is 0.158 e. The predicted molar refractivity (Wildman–Crippen MR) is 217 cm³/mol. The average Bonchev–Trinajstić information content (AvgIpc) is 3.13. The second-order valence-corrected chi connectivity index (χ2v) is 14.3. The van der Waals surface area contributed by atoms with Crippen molar-refractivity contribution in [3.05, 3.63) is 48.6 Å². The van der Waals surface area contributed by atoms with Crippen LogP contribution in [0.2, 0.25) is 0 Å². The first-order chi connectivity index (χ1) is 24.7. The number of aliphatic hydroxyl groups is 3. The summed E-state index contributed by atoms with van der Waals surface area (Å²) in [4.78, 5) is 0. The molecule has 1 fully saturated rings. The van der Waals surface area contributed by atoms with Gasteiger partial charge in [0.1, 0.15) is 0 Å². The van der Waals surface area contributed by atoms with E-state index in [1.165, 1.54) is 109 Å². The quantitative estimate of drug-likeness (QED) is 0.0459. The smallest absolute Gasteiger partial charge is 0.158 e. The van der Waals surface area contributed by atoms with Crippen molar-refractivity contribution >= 4 is 0 Å². The van der Waals surface area contributed by atoms with Crippen LogP contribution in [0.4, 0.5) is 0 Å². The van der Waals surface area contributed by atoms with E-state index in [2.05, 4.69) is 56.4 Å². The molecule has 0 saturated carbocycles. The Morgan fingerprint density at radius 2 is 0.980 bits per heavy atom. The molecular weight excluding hydrogens is 620 g/mol.